The van der Waals surface area contributed by atoms with Crippen molar-refractivity contribution >= 4 is 0 Å². The lowest BCUT2D eigenvalue weighted by Gasteiger charge is -2.28. The highest BCUT2D eigenvalue weighted by molar-refractivity contribution is 4.77. The van der Waals surface area contributed by atoms with Gasteiger partial charge in [-0.15, -0.1) is 0 Å². The fourth-order valence-electron chi connectivity index (χ4n) is 3.24. The summed E-state index contributed by atoms with van der Waals surface area (Å²) in [4.78, 5) is 2.71. The van der Waals surface area contributed by atoms with Crippen LogP contribution in [0.4, 0.5) is 0 Å². The van der Waals surface area contributed by atoms with Crippen molar-refractivity contribution in [3.8, 4) is 0 Å². The van der Waals surface area contributed by atoms with Crippen LogP contribution in [0.15, 0.2) is 0 Å². The van der Waals surface area contributed by atoms with Gasteiger partial charge in [0.25, 0.3) is 0 Å². The summed E-state index contributed by atoms with van der Waals surface area (Å²) in [7, 11) is 0. The lowest BCUT2D eigenvalue weighted by atomic mass is 9.89. The first-order valence-corrected chi connectivity index (χ1v) is 7.34. The Hall–Kier alpha value is -0.0800. The number of nitrogens with one attached hydrogen (secondary N) is 1. The van der Waals surface area contributed by atoms with E-state index in [2.05, 4.69) is 17.1 Å². The van der Waals surface area contributed by atoms with Crippen LogP contribution in [0.2, 0.25) is 0 Å². The van der Waals surface area contributed by atoms with Gasteiger partial charge < -0.3 is 10.2 Å². The van der Waals surface area contributed by atoms with Crippen LogP contribution in [0.3, 0.4) is 0 Å². The Morgan fingerprint density at radius 2 is 1.88 bits per heavy atom. The van der Waals surface area contributed by atoms with Gasteiger partial charge in [0.05, 0.1) is 0 Å². The fraction of sp³-hybridized carbons (Fsp3) is 1.00. The van der Waals surface area contributed by atoms with E-state index in [-0.39, 0.29) is 0 Å². The smallest absolute Gasteiger partial charge is 0.0107 e. The number of hydrogen-bond acceptors (Lipinski definition) is 2. The summed E-state index contributed by atoms with van der Waals surface area (Å²) in [5, 5.41) is 3.66. The second-order valence-electron chi connectivity index (χ2n) is 5.65. The summed E-state index contributed by atoms with van der Waals surface area (Å²) in [5.74, 6) is 1.01. The Morgan fingerprint density at radius 1 is 1.06 bits per heavy atom. The fourth-order valence-corrected chi connectivity index (χ4v) is 3.24. The molecule has 2 aliphatic rings. The molecule has 1 N–H and O–H groups in total. The highest BCUT2D eigenvalue weighted by Crippen LogP contribution is 2.24. The number of nitrogens with zero attached hydrogens (tertiary/aromatic N) is 1. The van der Waals surface area contributed by atoms with Gasteiger partial charge in [0.1, 0.15) is 0 Å². The third-order valence-corrected chi connectivity index (χ3v) is 4.39. The summed E-state index contributed by atoms with van der Waals surface area (Å²) >= 11 is 0. The van der Waals surface area contributed by atoms with E-state index in [1.165, 1.54) is 71.1 Å². The van der Waals surface area contributed by atoms with Crippen molar-refractivity contribution in [2.75, 3.05) is 26.2 Å². The van der Waals surface area contributed by atoms with Crippen LogP contribution < -0.4 is 5.32 Å². The van der Waals surface area contributed by atoms with Crippen molar-refractivity contribution in [3.05, 3.63) is 0 Å². The molecule has 1 aliphatic heterocycles. The molecule has 0 spiro atoms. The molecule has 2 nitrogen and oxygen atoms in total. The molecular weight excluding hydrogens is 196 g/mol. The lowest BCUT2D eigenvalue weighted by molar-refractivity contribution is 0.209. The molecule has 0 bridgehead atoms. The molecule has 1 saturated carbocycles. The SMILES string of the molecule is CCC1CCN(CC2CCCCC2)CCN1. The van der Waals surface area contributed by atoms with Crippen LogP contribution in [0.25, 0.3) is 0 Å². The summed E-state index contributed by atoms with van der Waals surface area (Å²) in [6, 6.07) is 0.774. The number of rotatable bonds is 3. The van der Waals surface area contributed by atoms with Crippen LogP contribution >= 0.6 is 0 Å². The summed E-state index contributed by atoms with van der Waals surface area (Å²) < 4.78 is 0. The first-order valence-electron chi connectivity index (χ1n) is 7.34. The Labute approximate surface area is 101 Å². The summed E-state index contributed by atoms with van der Waals surface area (Å²) in [6.07, 6.45) is 10.1. The van der Waals surface area contributed by atoms with E-state index in [9.17, 15) is 0 Å². The van der Waals surface area contributed by atoms with E-state index < -0.39 is 0 Å². The average molecular weight is 224 g/mol. The van der Waals surface area contributed by atoms with Gasteiger partial charge in [-0.05, 0) is 38.1 Å². The van der Waals surface area contributed by atoms with Gasteiger partial charge in [-0.2, -0.15) is 0 Å². The van der Waals surface area contributed by atoms with E-state index in [4.69, 9.17) is 0 Å². The monoisotopic (exact) mass is 224 g/mol. The van der Waals surface area contributed by atoms with Crippen molar-refractivity contribution in [2.45, 2.75) is 57.9 Å². The van der Waals surface area contributed by atoms with Crippen molar-refractivity contribution < 1.29 is 0 Å². The predicted molar refractivity (Wildman–Crippen MR) is 69.7 cm³/mol. The van der Waals surface area contributed by atoms with Gasteiger partial charge in [-0.1, -0.05) is 26.2 Å². The van der Waals surface area contributed by atoms with Crippen molar-refractivity contribution in [1.82, 2.24) is 10.2 Å². The zero-order valence-electron chi connectivity index (χ0n) is 10.9. The second-order valence-corrected chi connectivity index (χ2v) is 5.65. The molecule has 1 unspecified atom stereocenters. The molecule has 2 fully saturated rings. The molecule has 1 saturated heterocycles. The van der Waals surface area contributed by atoms with Gasteiger partial charge in [0.2, 0.25) is 0 Å². The minimum atomic E-state index is 0.774. The molecule has 0 aromatic heterocycles. The maximum atomic E-state index is 3.66. The summed E-state index contributed by atoms with van der Waals surface area (Å²) in [6.45, 7) is 7.47. The third kappa shape index (κ3) is 3.74. The van der Waals surface area contributed by atoms with Crippen LogP contribution in [-0.4, -0.2) is 37.1 Å². The zero-order valence-corrected chi connectivity index (χ0v) is 10.9. The standard InChI is InChI=1S/C14H28N2/c1-2-14-8-10-16(11-9-15-14)12-13-6-4-3-5-7-13/h13-15H,2-12H2,1H3. The van der Waals surface area contributed by atoms with Crippen molar-refractivity contribution in [3.63, 3.8) is 0 Å². The first-order chi connectivity index (χ1) is 7.88. The van der Waals surface area contributed by atoms with Crippen LogP contribution in [0.1, 0.15) is 51.9 Å². The first kappa shape index (κ1) is 12.4. The Kier molecular flexibility index (Phi) is 5.11. The van der Waals surface area contributed by atoms with Crippen molar-refractivity contribution in [2.24, 2.45) is 5.92 Å². The predicted octanol–water partition coefficient (Wildman–Crippen LogP) is 2.64. The van der Waals surface area contributed by atoms with Crippen molar-refractivity contribution in [1.29, 1.82) is 0 Å². The van der Waals surface area contributed by atoms with Crippen LogP contribution in [-0.2, 0) is 0 Å². The molecule has 0 amide bonds. The molecule has 0 aromatic rings. The quantitative estimate of drug-likeness (QED) is 0.793. The van der Waals surface area contributed by atoms with E-state index >= 15 is 0 Å². The molecule has 0 radical (unpaired) electrons. The maximum absolute atomic E-state index is 3.66. The average Bonchev–Trinajstić information content (AvgIpc) is 2.56. The molecule has 16 heavy (non-hydrogen) atoms. The van der Waals surface area contributed by atoms with Gasteiger partial charge in [0, 0.05) is 25.7 Å². The van der Waals surface area contributed by atoms with Gasteiger partial charge in [0.15, 0.2) is 0 Å². The van der Waals surface area contributed by atoms with Gasteiger partial charge in [-0.3, -0.25) is 0 Å². The van der Waals surface area contributed by atoms with E-state index in [0.29, 0.717) is 0 Å². The molecule has 94 valence electrons. The Morgan fingerprint density at radius 3 is 2.62 bits per heavy atom. The highest BCUT2D eigenvalue weighted by Gasteiger charge is 2.19. The van der Waals surface area contributed by atoms with E-state index in [0.717, 1.165) is 12.0 Å². The summed E-state index contributed by atoms with van der Waals surface area (Å²) in [5.41, 5.74) is 0. The molecular formula is C14H28N2. The molecule has 2 heteroatoms. The van der Waals surface area contributed by atoms with Crippen LogP contribution in [0, 0.1) is 5.92 Å². The lowest BCUT2D eigenvalue weighted by Crippen LogP contribution is -2.33. The van der Waals surface area contributed by atoms with E-state index in [1.54, 1.807) is 0 Å². The molecule has 1 heterocycles. The Balaban J connectivity index is 1.72. The maximum Gasteiger partial charge on any atom is 0.0107 e. The highest BCUT2D eigenvalue weighted by atomic mass is 15.2. The molecule has 1 aliphatic carbocycles. The Bertz CT molecular complexity index is 187. The minimum Gasteiger partial charge on any atom is -0.313 e. The van der Waals surface area contributed by atoms with Crippen LogP contribution in [0.5, 0.6) is 0 Å². The third-order valence-electron chi connectivity index (χ3n) is 4.39. The van der Waals surface area contributed by atoms with E-state index in [1.807, 2.05) is 0 Å². The topological polar surface area (TPSA) is 15.3 Å². The largest absolute Gasteiger partial charge is 0.313 e. The normalized spacial score (nSPS) is 30.2. The van der Waals surface area contributed by atoms with Gasteiger partial charge in [-0.25, -0.2) is 0 Å². The second kappa shape index (κ2) is 6.61. The molecule has 0 aromatic carbocycles. The molecule has 2 rings (SSSR count). The minimum absolute atomic E-state index is 0.774. The zero-order chi connectivity index (χ0) is 11.2. The van der Waals surface area contributed by atoms with Gasteiger partial charge >= 0.3 is 0 Å². The molecule has 1 atom stereocenters. The number of hydrogen-bond donors (Lipinski definition) is 1.